The average molecular weight is 80.0 g/mol. The van der Waals surface area contributed by atoms with Crippen LogP contribution in [0.3, 0.4) is 0 Å². The first-order valence-corrected chi connectivity index (χ1v) is 0. The van der Waals surface area contributed by atoms with Gasteiger partial charge in [-0.3, -0.25) is 0 Å². The molecule has 0 aromatic heterocycles. The summed E-state index contributed by atoms with van der Waals surface area (Å²) in [4.78, 5) is 0. The predicted octanol–water partition coefficient (Wildman–Crippen LogP) is -6.18. The van der Waals surface area contributed by atoms with E-state index < -0.39 is 0 Å². The quantitative estimate of drug-likeness (QED) is 0.257. The van der Waals surface area contributed by atoms with Crippen LogP contribution in [0.1, 0.15) is 1.43 Å². The summed E-state index contributed by atoms with van der Waals surface area (Å²) in [6.07, 6.45) is 0. The van der Waals surface area contributed by atoms with Crippen molar-refractivity contribution in [1.29, 1.82) is 0 Å². The Morgan fingerprint density at radius 3 is 0.600 bits per heavy atom. The molecule has 0 saturated heterocycles. The smallest absolute Gasteiger partial charge is 1.00 e. The van der Waals surface area contributed by atoms with Gasteiger partial charge in [-0.05, 0) is 0 Å². The molecular formula is H9LiO4. The van der Waals surface area contributed by atoms with Crippen molar-refractivity contribution in [3.05, 3.63) is 0 Å². The van der Waals surface area contributed by atoms with E-state index in [-0.39, 0.29) is 42.2 Å². The van der Waals surface area contributed by atoms with Gasteiger partial charge in [-0.2, -0.15) is 0 Å². The molecule has 0 unspecified atom stereocenters. The van der Waals surface area contributed by atoms with Crippen LogP contribution in [0.15, 0.2) is 0 Å². The molecule has 0 saturated carbocycles. The van der Waals surface area contributed by atoms with Crippen LogP contribution in [0.25, 0.3) is 0 Å². The minimum atomic E-state index is 0. The summed E-state index contributed by atoms with van der Waals surface area (Å²) < 4.78 is 0. The Kier molecular flexibility index (Phi) is 30700. The zero-order chi connectivity index (χ0) is 0. The molecule has 5 heteroatoms. The molecule has 8 N–H and O–H groups in total. The summed E-state index contributed by atoms with van der Waals surface area (Å²) in [6.45, 7) is 0. The summed E-state index contributed by atoms with van der Waals surface area (Å²) in [7, 11) is 0. The van der Waals surface area contributed by atoms with E-state index in [1.807, 2.05) is 0 Å². The Hall–Kier alpha value is 0.437. The van der Waals surface area contributed by atoms with Gasteiger partial charge in [0.1, 0.15) is 0 Å². The number of hydrogen-bond acceptors (Lipinski definition) is 0. The van der Waals surface area contributed by atoms with Crippen LogP contribution in [0.2, 0.25) is 0 Å². The zero-order valence-corrected chi connectivity index (χ0v) is 3.00. The van der Waals surface area contributed by atoms with Gasteiger partial charge < -0.3 is 23.3 Å². The fourth-order valence-corrected chi connectivity index (χ4v) is 0. The van der Waals surface area contributed by atoms with Crippen molar-refractivity contribution in [2.45, 2.75) is 0 Å². The van der Waals surface area contributed by atoms with Gasteiger partial charge in [0, 0.05) is 0 Å². The summed E-state index contributed by atoms with van der Waals surface area (Å²) in [5.41, 5.74) is 0. The topological polar surface area (TPSA) is 126 Å². The molecule has 0 spiro atoms. The molecule has 0 aliphatic carbocycles. The first-order valence-electron chi connectivity index (χ1n) is 0. The average Bonchev–Trinajstić information content (AvgIpc) is 0. The Labute approximate surface area is 43.1 Å². The van der Waals surface area contributed by atoms with Crippen LogP contribution >= 0.6 is 0 Å². The van der Waals surface area contributed by atoms with E-state index in [0.29, 0.717) is 0 Å². The summed E-state index contributed by atoms with van der Waals surface area (Å²) in [5.74, 6) is 0. The minimum absolute atomic E-state index is 0. The third-order valence-electron chi connectivity index (χ3n) is 0. The van der Waals surface area contributed by atoms with Gasteiger partial charge in [0.25, 0.3) is 0 Å². The van der Waals surface area contributed by atoms with Crippen molar-refractivity contribution < 1.29 is 42.2 Å². The molecule has 0 rings (SSSR count). The third-order valence-corrected chi connectivity index (χ3v) is 0. The molecule has 0 atom stereocenters. The monoisotopic (exact) mass is 80.1 g/mol. The molecule has 0 aliphatic rings. The van der Waals surface area contributed by atoms with Gasteiger partial charge in [0.15, 0.2) is 0 Å². The van der Waals surface area contributed by atoms with Crippen molar-refractivity contribution in [1.82, 2.24) is 0 Å². The first kappa shape index (κ1) is 560. The molecule has 0 aromatic rings. The number of rotatable bonds is 0. The second-order valence-corrected chi connectivity index (χ2v) is 0. The molecule has 0 radical (unpaired) electrons. The maximum absolute atomic E-state index is 0. The van der Waals surface area contributed by atoms with Gasteiger partial charge >= 0.3 is 18.9 Å². The van der Waals surface area contributed by atoms with Gasteiger partial charge in [-0.25, -0.2) is 0 Å². The van der Waals surface area contributed by atoms with Crippen LogP contribution in [0.5, 0.6) is 0 Å². The van der Waals surface area contributed by atoms with Gasteiger partial charge in [-0.1, -0.05) is 0 Å². The standard InChI is InChI=1S/Li.4H2O.H/h;4*1H2;/q+1;;;;;-1. The SMILES string of the molecule is O.O.O.O.[H-].[Li+]. The predicted molar refractivity (Wildman–Crippen MR) is 15.6 cm³/mol. The molecule has 4 nitrogen and oxygen atoms in total. The molecule has 0 amide bonds. The van der Waals surface area contributed by atoms with Crippen molar-refractivity contribution in [2.75, 3.05) is 0 Å². The zero-order valence-electron chi connectivity index (χ0n) is 4.00. The Balaban J connectivity index is 0. The first-order chi connectivity index (χ1) is 0. The fraction of sp³-hybridized carbons (Fsp3) is 0. The van der Waals surface area contributed by atoms with E-state index >= 15 is 0 Å². The second kappa shape index (κ2) is 274. The molecule has 0 bridgehead atoms. The van der Waals surface area contributed by atoms with Crippen molar-refractivity contribution in [2.24, 2.45) is 0 Å². The molecule has 0 fully saturated rings. The molecule has 0 heterocycles. The van der Waals surface area contributed by atoms with Crippen molar-refractivity contribution in [3.8, 4) is 0 Å². The van der Waals surface area contributed by atoms with Gasteiger partial charge in [0.05, 0.1) is 0 Å². The maximum atomic E-state index is 0. The van der Waals surface area contributed by atoms with Crippen LogP contribution < -0.4 is 18.9 Å². The van der Waals surface area contributed by atoms with Crippen molar-refractivity contribution >= 4 is 0 Å². The third kappa shape index (κ3) is 138. The van der Waals surface area contributed by atoms with Gasteiger partial charge in [-0.15, -0.1) is 0 Å². The summed E-state index contributed by atoms with van der Waals surface area (Å²) in [5, 5.41) is 0. The van der Waals surface area contributed by atoms with E-state index in [1.54, 1.807) is 0 Å². The van der Waals surface area contributed by atoms with Crippen molar-refractivity contribution in [3.63, 3.8) is 0 Å². The molecule has 34 valence electrons. The van der Waals surface area contributed by atoms with E-state index in [2.05, 4.69) is 0 Å². The van der Waals surface area contributed by atoms with E-state index in [4.69, 9.17) is 0 Å². The van der Waals surface area contributed by atoms with Gasteiger partial charge in [0.2, 0.25) is 0 Å². The Morgan fingerprint density at radius 1 is 0.600 bits per heavy atom. The fourth-order valence-electron chi connectivity index (χ4n) is 0. The minimum Gasteiger partial charge on any atom is -1.00 e. The van der Waals surface area contributed by atoms with E-state index in [1.165, 1.54) is 0 Å². The largest absolute Gasteiger partial charge is 1.00 e. The van der Waals surface area contributed by atoms with E-state index in [0.717, 1.165) is 0 Å². The summed E-state index contributed by atoms with van der Waals surface area (Å²) in [6, 6.07) is 0. The summed E-state index contributed by atoms with van der Waals surface area (Å²) >= 11 is 0. The molecule has 0 aromatic carbocycles. The normalized spacial score (nSPS) is 0. The molecule has 5 heavy (non-hydrogen) atoms. The Bertz CT molecular complexity index is 7.51. The number of hydrogen-bond donors (Lipinski definition) is 0. The van der Waals surface area contributed by atoms with Crippen LogP contribution in [-0.2, 0) is 0 Å². The second-order valence-electron chi connectivity index (χ2n) is 0. The van der Waals surface area contributed by atoms with Crippen LogP contribution in [0.4, 0.5) is 0 Å². The Morgan fingerprint density at radius 2 is 0.600 bits per heavy atom. The molecule has 0 aliphatic heterocycles. The van der Waals surface area contributed by atoms with Crippen LogP contribution in [0, 0.1) is 0 Å². The molecular weight excluding hydrogens is 70.9 g/mol. The van der Waals surface area contributed by atoms with E-state index in [9.17, 15) is 0 Å². The maximum Gasteiger partial charge on any atom is 1.00 e. The van der Waals surface area contributed by atoms with Crippen LogP contribution in [-0.4, -0.2) is 21.9 Å².